The summed E-state index contributed by atoms with van der Waals surface area (Å²) >= 11 is 0. The molecule has 0 saturated heterocycles. The van der Waals surface area contributed by atoms with Gasteiger partial charge in [0.25, 0.3) is 0 Å². The van der Waals surface area contributed by atoms with E-state index in [1.807, 2.05) is 0 Å². The van der Waals surface area contributed by atoms with Gasteiger partial charge in [0, 0.05) is 12.5 Å². The van der Waals surface area contributed by atoms with Crippen molar-refractivity contribution < 1.29 is 13.2 Å². The van der Waals surface area contributed by atoms with Crippen LogP contribution in [0.5, 0.6) is 0 Å². The molecule has 1 aromatic rings. The molecule has 0 aromatic carbocycles. The number of likely N-dealkylation sites (N-methyl/N-ethyl adjacent to an activating group) is 1. The van der Waals surface area contributed by atoms with E-state index in [4.69, 9.17) is 0 Å². The predicted octanol–water partition coefficient (Wildman–Crippen LogP) is 1.71. The molecule has 1 fully saturated rings. The van der Waals surface area contributed by atoms with Crippen LogP contribution in [0.3, 0.4) is 0 Å². The average Bonchev–Trinajstić information content (AvgIpc) is 2.80. The first kappa shape index (κ1) is 15.2. The summed E-state index contributed by atoms with van der Waals surface area (Å²) in [5.41, 5.74) is 0. The van der Waals surface area contributed by atoms with E-state index in [0.29, 0.717) is 25.1 Å². The molecule has 0 bridgehead atoms. The second kappa shape index (κ2) is 6.07. The van der Waals surface area contributed by atoms with Crippen LogP contribution < -0.4 is 5.32 Å². The van der Waals surface area contributed by atoms with Crippen molar-refractivity contribution in [1.82, 2.24) is 25.5 Å². The number of aromatic nitrogens is 4. The van der Waals surface area contributed by atoms with Gasteiger partial charge in [-0.1, -0.05) is 12.8 Å². The summed E-state index contributed by atoms with van der Waals surface area (Å²) in [6.07, 6.45) is -1.43. The minimum absolute atomic E-state index is 0.222. The van der Waals surface area contributed by atoms with Crippen LogP contribution in [0.2, 0.25) is 0 Å². The normalized spacial score (nSPS) is 25.6. The fourth-order valence-corrected chi connectivity index (χ4v) is 3.12. The maximum atomic E-state index is 13.2. The summed E-state index contributed by atoms with van der Waals surface area (Å²) in [5.74, 6) is -1.17. The summed E-state index contributed by atoms with van der Waals surface area (Å²) in [6.45, 7) is 0. The molecule has 1 aliphatic rings. The van der Waals surface area contributed by atoms with Crippen LogP contribution in [-0.4, -0.2) is 39.5 Å². The number of hydrogen-bond acceptors (Lipinski definition) is 4. The Morgan fingerprint density at radius 1 is 1.35 bits per heavy atom. The van der Waals surface area contributed by atoms with Crippen LogP contribution >= 0.6 is 0 Å². The Bertz CT molecular complexity index is 431. The van der Waals surface area contributed by atoms with E-state index in [0.717, 1.165) is 6.42 Å². The SMILES string of the molecule is CNC(Cc1nnn(C)n1)C1CCCCC1C(F)(F)F. The molecular formula is C12H20F3N5. The molecule has 1 aromatic heterocycles. The zero-order valence-corrected chi connectivity index (χ0v) is 11.7. The van der Waals surface area contributed by atoms with E-state index in [9.17, 15) is 13.2 Å². The van der Waals surface area contributed by atoms with Crippen molar-refractivity contribution in [3.05, 3.63) is 5.82 Å². The van der Waals surface area contributed by atoms with E-state index in [-0.39, 0.29) is 12.5 Å². The van der Waals surface area contributed by atoms with Crippen molar-refractivity contribution in [1.29, 1.82) is 0 Å². The highest BCUT2D eigenvalue weighted by Gasteiger charge is 2.47. The maximum absolute atomic E-state index is 13.2. The van der Waals surface area contributed by atoms with Gasteiger partial charge in [-0.25, -0.2) is 0 Å². The first-order valence-electron chi connectivity index (χ1n) is 6.88. The van der Waals surface area contributed by atoms with Crippen LogP contribution in [-0.2, 0) is 13.5 Å². The molecule has 114 valence electrons. The Balaban J connectivity index is 2.11. The molecule has 1 heterocycles. The van der Waals surface area contributed by atoms with E-state index in [1.54, 1.807) is 14.1 Å². The Labute approximate surface area is 115 Å². The summed E-state index contributed by atoms with van der Waals surface area (Å²) in [6, 6.07) is -0.272. The molecule has 0 spiro atoms. The van der Waals surface area contributed by atoms with Crippen LogP contribution in [0.15, 0.2) is 0 Å². The summed E-state index contributed by atoms with van der Waals surface area (Å²) in [4.78, 5) is 1.32. The number of nitrogens with one attached hydrogen (secondary N) is 1. The van der Waals surface area contributed by atoms with Gasteiger partial charge >= 0.3 is 6.18 Å². The average molecular weight is 291 g/mol. The molecule has 0 amide bonds. The van der Waals surface area contributed by atoms with Crippen molar-refractivity contribution in [2.45, 2.75) is 44.3 Å². The topological polar surface area (TPSA) is 55.6 Å². The molecule has 3 atom stereocenters. The third kappa shape index (κ3) is 3.47. The smallest absolute Gasteiger partial charge is 0.316 e. The number of aryl methyl sites for hydroxylation is 1. The zero-order valence-electron chi connectivity index (χ0n) is 11.7. The number of alkyl halides is 3. The fourth-order valence-electron chi connectivity index (χ4n) is 3.12. The summed E-state index contributed by atoms with van der Waals surface area (Å²) in [5, 5.41) is 14.7. The molecule has 5 nitrogen and oxygen atoms in total. The second-order valence-corrected chi connectivity index (χ2v) is 5.39. The van der Waals surface area contributed by atoms with E-state index in [1.165, 1.54) is 4.80 Å². The van der Waals surface area contributed by atoms with Gasteiger partial charge in [-0.2, -0.15) is 18.0 Å². The van der Waals surface area contributed by atoms with Crippen molar-refractivity contribution in [2.75, 3.05) is 7.05 Å². The molecule has 2 rings (SSSR count). The molecule has 1 aliphatic carbocycles. The lowest BCUT2D eigenvalue weighted by Crippen LogP contribution is -2.45. The maximum Gasteiger partial charge on any atom is 0.392 e. The molecule has 0 radical (unpaired) electrons. The van der Waals surface area contributed by atoms with Gasteiger partial charge in [-0.05, 0) is 31.0 Å². The van der Waals surface area contributed by atoms with Crippen molar-refractivity contribution >= 4 is 0 Å². The van der Waals surface area contributed by atoms with Crippen LogP contribution in [0.4, 0.5) is 13.2 Å². The highest BCUT2D eigenvalue weighted by Crippen LogP contribution is 2.43. The summed E-state index contributed by atoms with van der Waals surface area (Å²) in [7, 11) is 3.34. The lowest BCUT2D eigenvalue weighted by atomic mass is 9.74. The Hall–Kier alpha value is -1.18. The fraction of sp³-hybridized carbons (Fsp3) is 0.917. The first-order valence-corrected chi connectivity index (χ1v) is 6.88. The second-order valence-electron chi connectivity index (χ2n) is 5.39. The molecule has 8 heteroatoms. The van der Waals surface area contributed by atoms with E-state index >= 15 is 0 Å². The number of tetrazole rings is 1. The highest BCUT2D eigenvalue weighted by atomic mass is 19.4. The van der Waals surface area contributed by atoms with E-state index < -0.39 is 18.0 Å². The van der Waals surface area contributed by atoms with Crippen LogP contribution in [0, 0.1) is 11.8 Å². The molecule has 20 heavy (non-hydrogen) atoms. The minimum Gasteiger partial charge on any atom is -0.316 e. The van der Waals surface area contributed by atoms with Gasteiger partial charge in [-0.15, -0.1) is 10.2 Å². The van der Waals surface area contributed by atoms with Gasteiger partial charge in [0.2, 0.25) is 0 Å². The quantitative estimate of drug-likeness (QED) is 0.917. The Morgan fingerprint density at radius 3 is 2.60 bits per heavy atom. The largest absolute Gasteiger partial charge is 0.392 e. The summed E-state index contributed by atoms with van der Waals surface area (Å²) < 4.78 is 39.5. The van der Waals surface area contributed by atoms with Gasteiger partial charge in [0.15, 0.2) is 5.82 Å². The third-order valence-corrected chi connectivity index (χ3v) is 4.08. The first-order chi connectivity index (χ1) is 9.41. The Kier molecular flexibility index (Phi) is 4.62. The van der Waals surface area contributed by atoms with Gasteiger partial charge < -0.3 is 5.32 Å². The van der Waals surface area contributed by atoms with Crippen LogP contribution in [0.1, 0.15) is 31.5 Å². The number of halogens is 3. The van der Waals surface area contributed by atoms with Crippen molar-refractivity contribution in [3.63, 3.8) is 0 Å². The monoisotopic (exact) mass is 291 g/mol. The number of rotatable bonds is 4. The van der Waals surface area contributed by atoms with Gasteiger partial charge in [0.1, 0.15) is 0 Å². The highest BCUT2D eigenvalue weighted by molar-refractivity contribution is 4.93. The number of nitrogens with zero attached hydrogens (tertiary/aromatic N) is 4. The van der Waals surface area contributed by atoms with Crippen molar-refractivity contribution in [3.8, 4) is 0 Å². The standard InChI is InChI=1S/C12H20F3N5/c1-16-10(7-11-17-19-20(2)18-11)8-5-3-4-6-9(8)12(13,14)15/h8-10,16H,3-7H2,1-2H3. The van der Waals surface area contributed by atoms with E-state index in [2.05, 4.69) is 20.7 Å². The van der Waals surface area contributed by atoms with Crippen molar-refractivity contribution in [2.24, 2.45) is 18.9 Å². The molecule has 1 saturated carbocycles. The van der Waals surface area contributed by atoms with Gasteiger partial charge in [-0.3, -0.25) is 0 Å². The zero-order chi connectivity index (χ0) is 14.8. The molecule has 3 unspecified atom stereocenters. The number of hydrogen-bond donors (Lipinski definition) is 1. The minimum atomic E-state index is -4.13. The Morgan fingerprint density at radius 2 is 2.05 bits per heavy atom. The van der Waals surface area contributed by atoms with Crippen LogP contribution in [0.25, 0.3) is 0 Å². The molecule has 0 aliphatic heterocycles. The lowest BCUT2D eigenvalue weighted by Gasteiger charge is -2.37. The predicted molar refractivity (Wildman–Crippen MR) is 66.9 cm³/mol. The molecule has 1 N–H and O–H groups in total. The van der Waals surface area contributed by atoms with Gasteiger partial charge in [0.05, 0.1) is 13.0 Å². The lowest BCUT2D eigenvalue weighted by molar-refractivity contribution is -0.199. The third-order valence-electron chi connectivity index (χ3n) is 4.08. The molecular weight excluding hydrogens is 271 g/mol.